The van der Waals surface area contributed by atoms with Crippen LogP contribution in [-0.4, -0.2) is 17.5 Å². The molecule has 0 fully saturated rings. The average Bonchev–Trinajstić information content (AvgIpc) is 3.01. The number of hydrogen-bond donors (Lipinski definition) is 1. The number of nitrogens with zero attached hydrogens (tertiary/aromatic N) is 1. The van der Waals surface area contributed by atoms with E-state index in [1.165, 1.54) is 0 Å². The molecule has 0 aliphatic heterocycles. The Balaban J connectivity index is 1.83. The van der Waals surface area contributed by atoms with Crippen LogP contribution < -0.4 is 10.1 Å². The molecule has 0 saturated heterocycles. The molecule has 5 nitrogen and oxygen atoms in total. The molecule has 0 radical (unpaired) electrons. The number of rotatable bonds is 7. The van der Waals surface area contributed by atoms with Crippen LogP contribution >= 0.6 is 0 Å². The topological polar surface area (TPSA) is 64.4 Å². The molecule has 5 heteroatoms. The van der Waals surface area contributed by atoms with Crippen LogP contribution in [0.3, 0.4) is 0 Å². The molecule has 0 atom stereocenters. The maximum Gasteiger partial charge on any atom is 0.220 e. The first-order valence-corrected chi connectivity index (χ1v) is 8.32. The number of benzene rings is 1. The molecule has 0 spiro atoms. The number of oxazole rings is 1. The van der Waals surface area contributed by atoms with E-state index in [0.717, 1.165) is 17.1 Å². The van der Waals surface area contributed by atoms with Crippen molar-refractivity contribution in [1.29, 1.82) is 0 Å². The van der Waals surface area contributed by atoms with Crippen molar-refractivity contribution >= 4 is 5.91 Å². The molecule has 0 aliphatic rings. The van der Waals surface area contributed by atoms with Crippen LogP contribution in [-0.2, 0) is 23.2 Å². The molecular weight excluding hydrogens is 304 g/mol. The normalized spacial score (nSPS) is 11.3. The predicted octanol–water partition coefficient (Wildman–Crippen LogP) is 3.62. The molecule has 1 N–H and O–H groups in total. The third-order valence-electron chi connectivity index (χ3n) is 3.61. The molecule has 1 heterocycles. The quantitative estimate of drug-likeness (QED) is 0.842. The summed E-state index contributed by atoms with van der Waals surface area (Å²) in [4.78, 5) is 16.3. The SMILES string of the molecule is CCOc1ccccc1CNC(=O)CCc1ncc(C(C)(C)C)o1. The standard InChI is InChI=1S/C19H26N2O3/c1-5-23-15-9-7-6-8-14(15)12-20-17(22)10-11-18-21-13-16(24-18)19(2,3)4/h6-9,13H,5,10-12H2,1-4H3,(H,20,22). The van der Waals surface area contributed by atoms with Gasteiger partial charge in [0.15, 0.2) is 5.89 Å². The van der Waals surface area contributed by atoms with Crippen molar-refractivity contribution in [3.8, 4) is 5.75 Å². The Morgan fingerprint density at radius 1 is 1.29 bits per heavy atom. The van der Waals surface area contributed by atoms with E-state index >= 15 is 0 Å². The fraction of sp³-hybridized carbons (Fsp3) is 0.474. The third-order valence-corrected chi connectivity index (χ3v) is 3.61. The summed E-state index contributed by atoms with van der Waals surface area (Å²) in [6.45, 7) is 9.20. The van der Waals surface area contributed by atoms with E-state index in [4.69, 9.17) is 9.15 Å². The van der Waals surface area contributed by atoms with Crippen molar-refractivity contribution in [2.45, 2.75) is 52.5 Å². The molecule has 0 unspecified atom stereocenters. The van der Waals surface area contributed by atoms with Crippen LogP contribution in [0.2, 0.25) is 0 Å². The van der Waals surface area contributed by atoms with Crippen LogP contribution in [0.15, 0.2) is 34.9 Å². The molecule has 130 valence electrons. The largest absolute Gasteiger partial charge is 0.494 e. The molecule has 24 heavy (non-hydrogen) atoms. The lowest BCUT2D eigenvalue weighted by Gasteiger charge is -2.13. The van der Waals surface area contributed by atoms with Gasteiger partial charge in [0.2, 0.25) is 5.91 Å². The zero-order valence-electron chi connectivity index (χ0n) is 14.9. The van der Waals surface area contributed by atoms with Gasteiger partial charge in [-0.2, -0.15) is 0 Å². The van der Waals surface area contributed by atoms with Gasteiger partial charge in [-0.15, -0.1) is 0 Å². The van der Waals surface area contributed by atoms with Gasteiger partial charge in [-0.25, -0.2) is 4.98 Å². The summed E-state index contributed by atoms with van der Waals surface area (Å²) in [6.07, 6.45) is 2.58. The van der Waals surface area contributed by atoms with Gasteiger partial charge in [0, 0.05) is 30.4 Å². The van der Waals surface area contributed by atoms with E-state index < -0.39 is 0 Å². The van der Waals surface area contributed by atoms with E-state index in [-0.39, 0.29) is 11.3 Å². The van der Waals surface area contributed by atoms with Crippen LogP contribution in [0.25, 0.3) is 0 Å². The highest BCUT2D eigenvalue weighted by Crippen LogP contribution is 2.23. The fourth-order valence-corrected chi connectivity index (χ4v) is 2.22. The van der Waals surface area contributed by atoms with E-state index in [1.54, 1.807) is 6.20 Å². The summed E-state index contributed by atoms with van der Waals surface area (Å²) in [6, 6.07) is 7.72. The highest BCUT2D eigenvalue weighted by atomic mass is 16.5. The van der Waals surface area contributed by atoms with Crippen molar-refractivity contribution in [3.05, 3.63) is 47.7 Å². The van der Waals surface area contributed by atoms with Crippen LogP contribution in [0.1, 0.15) is 51.3 Å². The second kappa shape index (κ2) is 7.99. The zero-order valence-corrected chi connectivity index (χ0v) is 14.9. The lowest BCUT2D eigenvalue weighted by molar-refractivity contribution is -0.121. The minimum absolute atomic E-state index is 0.0307. The first kappa shape index (κ1) is 18.0. The Hall–Kier alpha value is -2.30. The van der Waals surface area contributed by atoms with Gasteiger partial charge in [0.1, 0.15) is 11.5 Å². The van der Waals surface area contributed by atoms with Crippen molar-refractivity contribution in [3.63, 3.8) is 0 Å². The van der Waals surface area contributed by atoms with E-state index in [1.807, 2.05) is 31.2 Å². The van der Waals surface area contributed by atoms with Crippen molar-refractivity contribution in [2.75, 3.05) is 6.61 Å². The van der Waals surface area contributed by atoms with Crippen molar-refractivity contribution < 1.29 is 13.9 Å². The molecule has 2 aromatic rings. The number of para-hydroxylation sites is 1. The monoisotopic (exact) mass is 330 g/mol. The van der Waals surface area contributed by atoms with Gasteiger partial charge in [-0.3, -0.25) is 4.79 Å². The highest BCUT2D eigenvalue weighted by Gasteiger charge is 2.19. The number of carbonyl (C=O) groups excluding carboxylic acids is 1. The van der Waals surface area contributed by atoms with Crippen LogP contribution in [0.5, 0.6) is 5.75 Å². The summed E-state index contributed by atoms with van der Waals surface area (Å²) < 4.78 is 11.3. The second-order valence-electron chi connectivity index (χ2n) is 6.69. The second-order valence-corrected chi connectivity index (χ2v) is 6.69. The van der Waals surface area contributed by atoms with Crippen LogP contribution in [0.4, 0.5) is 0 Å². The minimum atomic E-state index is -0.0729. The molecule has 0 bridgehead atoms. The summed E-state index contributed by atoms with van der Waals surface area (Å²) in [5.74, 6) is 2.22. The lowest BCUT2D eigenvalue weighted by atomic mass is 9.94. The first-order chi connectivity index (χ1) is 11.4. The van der Waals surface area contributed by atoms with Crippen molar-refractivity contribution in [1.82, 2.24) is 10.3 Å². The maximum atomic E-state index is 12.0. The smallest absolute Gasteiger partial charge is 0.220 e. The third kappa shape index (κ3) is 5.11. The molecule has 1 aromatic heterocycles. The molecule has 1 amide bonds. The Bertz CT molecular complexity index is 671. The maximum absolute atomic E-state index is 12.0. The number of hydrogen-bond acceptors (Lipinski definition) is 4. The lowest BCUT2D eigenvalue weighted by Crippen LogP contribution is -2.23. The molecule has 0 aliphatic carbocycles. The summed E-state index contributed by atoms with van der Waals surface area (Å²) in [5, 5.41) is 2.92. The average molecular weight is 330 g/mol. The Labute approximate surface area is 143 Å². The predicted molar refractivity (Wildman–Crippen MR) is 93.0 cm³/mol. The summed E-state index contributed by atoms with van der Waals surface area (Å²) in [5.41, 5.74) is 0.898. The van der Waals surface area contributed by atoms with Crippen molar-refractivity contribution in [2.24, 2.45) is 0 Å². The number of aromatic nitrogens is 1. The number of nitrogens with one attached hydrogen (secondary N) is 1. The van der Waals surface area contributed by atoms with Gasteiger partial charge >= 0.3 is 0 Å². The van der Waals surface area contributed by atoms with Gasteiger partial charge in [0.25, 0.3) is 0 Å². The van der Waals surface area contributed by atoms with Gasteiger partial charge in [-0.1, -0.05) is 39.0 Å². The highest BCUT2D eigenvalue weighted by molar-refractivity contribution is 5.76. The zero-order chi connectivity index (χ0) is 17.6. The molecular formula is C19H26N2O3. The number of ether oxygens (including phenoxy) is 1. The van der Waals surface area contributed by atoms with Crippen LogP contribution in [0, 0.1) is 0 Å². The Morgan fingerprint density at radius 2 is 2.04 bits per heavy atom. The number of amides is 1. The molecule has 2 rings (SSSR count). The van der Waals surface area contributed by atoms with E-state index in [0.29, 0.717) is 31.9 Å². The Kier molecular flexibility index (Phi) is 6.01. The van der Waals surface area contributed by atoms with Gasteiger partial charge < -0.3 is 14.5 Å². The molecule has 0 saturated carbocycles. The minimum Gasteiger partial charge on any atom is -0.494 e. The summed E-state index contributed by atoms with van der Waals surface area (Å²) >= 11 is 0. The molecule has 1 aromatic carbocycles. The number of aryl methyl sites for hydroxylation is 1. The van der Waals surface area contributed by atoms with Gasteiger partial charge in [-0.05, 0) is 13.0 Å². The fourth-order valence-electron chi connectivity index (χ4n) is 2.22. The Morgan fingerprint density at radius 3 is 2.71 bits per heavy atom. The van der Waals surface area contributed by atoms with E-state index in [2.05, 4.69) is 31.1 Å². The number of carbonyl (C=O) groups is 1. The van der Waals surface area contributed by atoms with E-state index in [9.17, 15) is 4.79 Å². The van der Waals surface area contributed by atoms with Gasteiger partial charge in [0.05, 0.1) is 12.8 Å². The summed E-state index contributed by atoms with van der Waals surface area (Å²) in [7, 11) is 0. The first-order valence-electron chi connectivity index (χ1n) is 8.32.